The second-order valence-corrected chi connectivity index (χ2v) is 9.37. The highest BCUT2D eigenvalue weighted by Crippen LogP contribution is 2.30. The van der Waals surface area contributed by atoms with E-state index in [1.54, 1.807) is 12.1 Å². The van der Waals surface area contributed by atoms with Crippen LogP contribution in [0.1, 0.15) is 31.2 Å². The number of hydrogen-bond acceptors (Lipinski definition) is 5. The van der Waals surface area contributed by atoms with Crippen LogP contribution in [0.2, 0.25) is 10.0 Å². The zero-order valence-electron chi connectivity index (χ0n) is 18.2. The van der Waals surface area contributed by atoms with Crippen molar-refractivity contribution < 1.29 is 28.6 Å². The van der Waals surface area contributed by atoms with Crippen LogP contribution in [-0.2, 0) is 16.0 Å². The number of nitrogens with one attached hydrogen (secondary N) is 2. The van der Waals surface area contributed by atoms with E-state index in [0.717, 1.165) is 11.6 Å². The average Bonchev–Trinajstić information content (AvgIpc) is 2.81. The van der Waals surface area contributed by atoms with Gasteiger partial charge < -0.3 is 25.2 Å². The monoisotopic (exact) mass is 510 g/mol. The van der Waals surface area contributed by atoms with E-state index in [2.05, 4.69) is 10.6 Å². The first-order valence-corrected chi connectivity index (χ1v) is 11.8. The van der Waals surface area contributed by atoms with Crippen molar-refractivity contribution >= 4 is 35.0 Å². The normalized spacial score (nSPS) is 23.9. The summed E-state index contributed by atoms with van der Waals surface area (Å²) in [5, 5.41) is 16.8. The third-order valence-electron chi connectivity index (χ3n) is 6.03. The van der Waals surface area contributed by atoms with E-state index in [1.807, 2.05) is 6.07 Å². The predicted molar refractivity (Wildman–Crippen MR) is 125 cm³/mol. The second kappa shape index (κ2) is 10.8. The molecular formula is C24H25Cl2FN2O5. The predicted octanol–water partition coefficient (Wildman–Crippen LogP) is 3.42. The molecule has 1 fully saturated rings. The topological polar surface area (TPSA) is 96.9 Å². The first kappa shape index (κ1) is 24.6. The molecule has 1 aliphatic heterocycles. The summed E-state index contributed by atoms with van der Waals surface area (Å²) in [7, 11) is 0. The zero-order valence-corrected chi connectivity index (χ0v) is 19.7. The Kier molecular flexibility index (Phi) is 7.80. The molecule has 1 heterocycles. The lowest BCUT2D eigenvalue weighted by Crippen LogP contribution is -2.53. The molecule has 4 rings (SSSR count). The molecule has 2 aliphatic rings. The van der Waals surface area contributed by atoms with Crippen LogP contribution < -0.4 is 20.1 Å². The Bertz CT molecular complexity index is 1070. The van der Waals surface area contributed by atoms with Gasteiger partial charge in [0, 0.05) is 17.1 Å². The minimum Gasteiger partial charge on any atom is -0.484 e. The molecule has 0 bridgehead atoms. The molecule has 0 radical (unpaired) electrons. The summed E-state index contributed by atoms with van der Waals surface area (Å²) in [6.07, 6.45) is 1.20. The number of halogens is 3. The van der Waals surface area contributed by atoms with E-state index < -0.39 is 30.0 Å². The molecule has 0 unspecified atom stereocenters. The molecule has 0 saturated heterocycles. The number of amides is 2. The minimum absolute atomic E-state index is 0.0337. The number of ether oxygens (including phenoxy) is 2. The van der Waals surface area contributed by atoms with Gasteiger partial charge in [-0.1, -0.05) is 23.2 Å². The molecule has 3 N–H and O–H groups in total. The third kappa shape index (κ3) is 6.11. The number of hydrogen-bond donors (Lipinski definition) is 3. The van der Waals surface area contributed by atoms with Crippen LogP contribution in [0.25, 0.3) is 0 Å². The molecule has 1 saturated carbocycles. The fourth-order valence-electron chi connectivity index (χ4n) is 4.25. The fraction of sp³-hybridized carbons (Fsp3) is 0.417. The Balaban J connectivity index is 1.21. The summed E-state index contributed by atoms with van der Waals surface area (Å²) >= 11 is 11.6. The highest BCUT2D eigenvalue weighted by molar-refractivity contribution is 6.31. The number of rotatable bonds is 6. The van der Waals surface area contributed by atoms with Crippen LogP contribution >= 0.6 is 23.2 Å². The van der Waals surface area contributed by atoms with Crippen molar-refractivity contribution in [3.63, 3.8) is 0 Å². The number of aryl methyl sites for hydroxylation is 1. The molecule has 2 aromatic rings. The minimum atomic E-state index is -0.828. The van der Waals surface area contributed by atoms with Crippen LogP contribution in [0.15, 0.2) is 36.4 Å². The Hall–Kier alpha value is -2.55. The summed E-state index contributed by atoms with van der Waals surface area (Å²) in [6.45, 7) is -0.323. The van der Waals surface area contributed by atoms with Crippen molar-refractivity contribution in [1.29, 1.82) is 0 Å². The van der Waals surface area contributed by atoms with Crippen LogP contribution in [0, 0.1) is 5.82 Å². The summed E-state index contributed by atoms with van der Waals surface area (Å²) < 4.78 is 24.6. The van der Waals surface area contributed by atoms with E-state index in [4.69, 9.17) is 32.7 Å². The Morgan fingerprint density at radius 1 is 1.12 bits per heavy atom. The van der Waals surface area contributed by atoms with Gasteiger partial charge >= 0.3 is 0 Å². The SMILES string of the molecule is O=C(COc1ccc(Cl)c(F)c1)N[C@@H]1CC[C@H](NC(=O)[C@@H]2CCc3cc(Cl)ccc3O2)C[C@@H]1O. The summed E-state index contributed by atoms with van der Waals surface area (Å²) in [5.41, 5.74) is 0.980. The van der Waals surface area contributed by atoms with E-state index in [9.17, 15) is 19.1 Å². The Labute approximate surface area is 206 Å². The molecule has 0 aromatic heterocycles. The van der Waals surface area contributed by atoms with Gasteiger partial charge in [0.25, 0.3) is 11.8 Å². The van der Waals surface area contributed by atoms with Crippen molar-refractivity contribution in [2.45, 2.75) is 56.4 Å². The molecular weight excluding hydrogens is 486 g/mol. The number of aliphatic hydroxyl groups is 1. The largest absolute Gasteiger partial charge is 0.484 e. The number of fused-ring (bicyclic) bond motifs is 1. The molecule has 2 aromatic carbocycles. The number of carbonyl (C=O) groups is 2. The van der Waals surface area contributed by atoms with E-state index in [1.165, 1.54) is 12.1 Å². The molecule has 7 nitrogen and oxygen atoms in total. The smallest absolute Gasteiger partial charge is 0.261 e. The van der Waals surface area contributed by atoms with Gasteiger partial charge in [0.2, 0.25) is 0 Å². The van der Waals surface area contributed by atoms with Gasteiger partial charge in [-0.25, -0.2) is 4.39 Å². The standard InChI is InChI=1S/C24H25Cl2FN2O5/c25-14-2-8-21-13(9-14)1-7-22(34-21)24(32)28-15-3-6-19(20(30)10-15)29-23(31)12-33-16-4-5-17(26)18(27)11-16/h2,4-5,8-9,11,15,19-20,22,30H,1,3,6-7,10,12H2,(H,28,32)(H,29,31)/t15-,19+,20-,22-/m0/s1. The number of carbonyl (C=O) groups excluding carboxylic acids is 2. The van der Waals surface area contributed by atoms with Gasteiger partial charge in [-0.3, -0.25) is 9.59 Å². The fourth-order valence-corrected chi connectivity index (χ4v) is 4.56. The van der Waals surface area contributed by atoms with Gasteiger partial charge in [-0.05, 0) is 68.0 Å². The number of aliphatic hydroxyl groups excluding tert-OH is 1. The first-order chi connectivity index (χ1) is 16.3. The lowest BCUT2D eigenvalue weighted by molar-refractivity contribution is -0.130. The van der Waals surface area contributed by atoms with Crippen LogP contribution in [0.5, 0.6) is 11.5 Å². The average molecular weight is 511 g/mol. The van der Waals surface area contributed by atoms with Crippen LogP contribution in [0.3, 0.4) is 0 Å². The van der Waals surface area contributed by atoms with Gasteiger partial charge in [-0.2, -0.15) is 0 Å². The van der Waals surface area contributed by atoms with Crippen LogP contribution in [-0.4, -0.2) is 47.8 Å². The lowest BCUT2D eigenvalue weighted by atomic mass is 9.88. The lowest BCUT2D eigenvalue weighted by Gasteiger charge is -2.35. The van der Waals surface area contributed by atoms with E-state index in [0.29, 0.717) is 42.9 Å². The molecule has 0 spiro atoms. The molecule has 2 amide bonds. The van der Waals surface area contributed by atoms with Gasteiger partial charge in [0.15, 0.2) is 12.7 Å². The van der Waals surface area contributed by atoms with Gasteiger partial charge in [-0.15, -0.1) is 0 Å². The first-order valence-electron chi connectivity index (χ1n) is 11.1. The summed E-state index contributed by atoms with van der Waals surface area (Å²) in [4.78, 5) is 24.9. The quantitative estimate of drug-likeness (QED) is 0.553. The number of benzene rings is 2. The van der Waals surface area contributed by atoms with Crippen LogP contribution in [0.4, 0.5) is 4.39 Å². The molecule has 1 aliphatic carbocycles. The maximum Gasteiger partial charge on any atom is 0.261 e. The van der Waals surface area contributed by atoms with E-state index >= 15 is 0 Å². The van der Waals surface area contributed by atoms with Crippen molar-refractivity contribution in [3.8, 4) is 11.5 Å². The zero-order chi connectivity index (χ0) is 24.2. The molecule has 182 valence electrons. The second-order valence-electron chi connectivity index (χ2n) is 8.52. The van der Waals surface area contributed by atoms with E-state index in [-0.39, 0.29) is 29.3 Å². The third-order valence-corrected chi connectivity index (χ3v) is 6.57. The van der Waals surface area contributed by atoms with Crippen molar-refractivity contribution in [2.24, 2.45) is 0 Å². The molecule has 10 heteroatoms. The summed E-state index contributed by atoms with van der Waals surface area (Å²) in [6, 6.07) is 8.56. The van der Waals surface area contributed by atoms with Crippen molar-refractivity contribution in [3.05, 3.63) is 57.8 Å². The van der Waals surface area contributed by atoms with Crippen molar-refractivity contribution in [1.82, 2.24) is 10.6 Å². The highest BCUT2D eigenvalue weighted by atomic mass is 35.5. The summed E-state index contributed by atoms with van der Waals surface area (Å²) in [5.74, 6) is -0.451. The highest BCUT2D eigenvalue weighted by Gasteiger charge is 2.33. The molecule has 4 atom stereocenters. The maximum absolute atomic E-state index is 13.5. The Morgan fingerprint density at radius 2 is 1.94 bits per heavy atom. The van der Waals surface area contributed by atoms with Gasteiger partial charge in [0.1, 0.15) is 17.3 Å². The maximum atomic E-state index is 13.5. The Morgan fingerprint density at radius 3 is 2.71 bits per heavy atom. The molecule has 34 heavy (non-hydrogen) atoms. The van der Waals surface area contributed by atoms with Crippen molar-refractivity contribution in [2.75, 3.05) is 6.61 Å². The van der Waals surface area contributed by atoms with Gasteiger partial charge in [0.05, 0.1) is 17.2 Å².